The molecule has 0 aromatic carbocycles. The van der Waals surface area contributed by atoms with Crippen molar-refractivity contribution in [1.29, 1.82) is 0 Å². The van der Waals surface area contributed by atoms with Crippen molar-refractivity contribution in [3.63, 3.8) is 0 Å². The number of carbonyl (C=O) groups is 2. The first kappa shape index (κ1) is 13.1. The Morgan fingerprint density at radius 1 is 1.39 bits per heavy atom. The average Bonchev–Trinajstić information content (AvgIpc) is 2.92. The fraction of sp³-hybridized carbons (Fsp3) is 0.818. The molecule has 0 unspecified atom stereocenters. The van der Waals surface area contributed by atoms with E-state index in [0.29, 0.717) is 32.8 Å². The number of nitrogens with one attached hydrogen (secondary N) is 1. The Morgan fingerprint density at radius 2 is 2.17 bits per heavy atom. The number of carbonyl (C=O) groups excluding carboxylic acids is 2. The summed E-state index contributed by atoms with van der Waals surface area (Å²) < 4.78 is 15.0. The zero-order valence-electron chi connectivity index (χ0n) is 10.4. The minimum absolute atomic E-state index is 0.0838. The largest absolute Gasteiger partial charge is 0.447 e. The van der Waals surface area contributed by atoms with Gasteiger partial charge in [0.2, 0.25) is 5.91 Å². The minimum Gasteiger partial charge on any atom is -0.447 e. The van der Waals surface area contributed by atoms with Crippen LogP contribution in [0.4, 0.5) is 4.79 Å². The summed E-state index contributed by atoms with van der Waals surface area (Å²) in [5, 5.41) is 2.80. The Balaban J connectivity index is 1.62. The van der Waals surface area contributed by atoms with Crippen LogP contribution in [0, 0.1) is 0 Å². The quantitative estimate of drug-likeness (QED) is 0.641. The van der Waals surface area contributed by atoms with Gasteiger partial charge < -0.3 is 19.5 Å². The highest BCUT2D eigenvalue weighted by atomic mass is 16.6. The van der Waals surface area contributed by atoms with Crippen molar-refractivity contribution in [2.24, 2.45) is 0 Å². The van der Waals surface area contributed by atoms with Crippen LogP contribution in [0.15, 0.2) is 0 Å². The highest BCUT2D eigenvalue weighted by Gasteiger charge is 2.46. The first-order valence-corrected chi connectivity index (χ1v) is 6.03. The molecule has 2 heterocycles. The zero-order valence-corrected chi connectivity index (χ0v) is 10.4. The van der Waals surface area contributed by atoms with Gasteiger partial charge in [0.15, 0.2) is 0 Å². The second-order valence-electron chi connectivity index (χ2n) is 4.33. The van der Waals surface area contributed by atoms with Crippen LogP contribution in [0.3, 0.4) is 0 Å². The number of piperazine rings is 1. The first-order valence-electron chi connectivity index (χ1n) is 6.03. The summed E-state index contributed by atoms with van der Waals surface area (Å²) in [6.07, 6.45) is 0.255. The normalized spacial score (nSPS) is 25.4. The number of methoxy groups -OCH3 is 1. The summed E-state index contributed by atoms with van der Waals surface area (Å²) >= 11 is 0. The molecule has 1 N–H and O–H groups in total. The number of rotatable bonds is 6. The molecule has 2 aliphatic heterocycles. The van der Waals surface area contributed by atoms with Crippen molar-refractivity contribution in [3.05, 3.63) is 0 Å². The van der Waals surface area contributed by atoms with Crippen LogP contribution in [-0.4, -0.2) is 69.1 Å². The summed E-state index contributed by atoms with van der Waals surface area (Å²) in [6.45, 7) is 2.07. The molecule has 2 saturated heterocycles. The number of likely N-dealkylation sites (tertiary alicyclic amines) is 1. The predicted octanol–water partition coefficient (Wildman–Crippen LogP) is -0.641. The van der Waals surface area contributed by atoms with E-state index in [2.05, 4.69) is 5.32 Å². The summed E-state index contributed by atoms with van der Waals surface area (Å²) in [5.74, 6) is -0.0838. The lowest BCUT2D eigenvalue weighted by atomic mass is 10.2. The highest BCUT2D eigenvalue weighted by Crippen LogP contribution is 2.24. The molecule has 7 heteroatoms. The lowest BCUT2D eigenvalue weighted by Gasteiger charge is -2.25. The lowest BCUT2D eigenvalue weighted by molar-refractivity contribution is -0.124. The van der Waals surface area contributed by atoms with Crippen molar-refractivity contribution in [2.45, 2.75) is 18.5 Å². The molecule has 2 amide bonds. The van der Waals surface area contributed by atoms with Crippen LogP contribution in [0.25, 0.3) is 0 Å². The van der Waals surface area contributed by atoms with Crippen LogP contribution in [-0.2, 0) is 19.0 Å². The van der Waals surface area contributed by atoms with Crippen molar-refractivity contribution in [1.82, 2.24) is 10.2 Å². The Hall–Kier alpha value is -1.34. The maximum atomic E-state index is 11.7. The van der Waals surface area contributed by atoms with Crippen LogP contribution in [0.5, 0.6) is 0 Å². The van der Waals surface area contributed by atoms with Crippen LogP contribution >= 0.6 is 0 Å². The van der Waals surface area contributed by atoms with Crippen molar-refractivity contribution in [3.8, 4) is 0 Å². The zero-order chi connectivity index (χ0) is 13.0. The predicted molar refractivity (Wildman–Crippen MR) is 61.1 cm³/mol. The molecule has 0 aromatic rings. The molecule has 0 saturated carbocycles. The van der Waals surface area contributed by atoms with Gasteiger partial charge >= 0.3 is 6.09 Å². The smallest absolute Gasteiger partial charge is 0.410 e. The van der Waals surface area contributed by atoms with Gasteiger partial charge in [0.25, 0.3) is 0 Å². The molecule has 2 rings (SSSR count). The molecule has 18 heavy (non-hydrogen) atoms. The van der Waals surface area contributed by atoms with E-state index in [1.165, 1.54) is 4.90 Å². The fourth-order valence-electron chi connectivity index (χ4n) is 2.20. The molecular weight excluding hydrogens is 240 g/mol. The van der Waals surface area contributed by atoms with Gasteiger partial charge in [-0.05, 0) is 6.42 Å². The van der Waals surface area contributed by atoms with Crippen molar-refractivity contribution < 1.29 is 23.8 Å². The van der Waals surface area contributed by atoms with E-state index in [0.717, 1.165) is 0 Å². The summed E-state index contributed by atoms with van der Waals surface area (Å²) in [5.41, 5.74) is 0. The number of nitrogens with zero attached hydrogens (tertiary/aromatic N) is 1. The third kappa shape index (κ3) is 2.91. The monoisotopic (exact) mass is 258 g/mol. The number of hydrogen-bond acceptors (Lipinski definition) is 5. The van der Waals surface area contributed by atoms with Gasteiger partial charge in [-0.1, -0.05) is 0 Å². The number of hydrogen-bond donors (Lipinski definition) is 1. The molecule has 102 valence electrons. The van der Waals surface area contributed by atoms with Gasteiger partial charge in [-0.15, -0.1) is 0 Å². The third-order valence-electron chi connectivity index (χ3n) is 3.07. The standard InChI is InChI=1S/C11H18N2O5/c1-16-2-3-17-4-5-18-11(15)13-7-8-6-9(13)10(14)12-8/h8-9H,2-7H2,1H3,(H,12,14)/t8-,9-/m0/s1. The molecule has 0 spiro atoms. The Kier molecular flexibility index (Phi) is 4.38. The van der Waals surface area contributed by atoms with E-state index in [1.54, 1.807) is 7.11 Å². The van der Waals surface area contributed by atoms with Crippen LogP contribution in [0.2, 0.25) is 0 Å². The van der Waals surface area contributed by atoms with Gasteiger partial charge in [0.05, 0.1) is 19.8 Å². The van der Waals surface area contributed by atoms with Gasteiger partial charge in [-0.25, -0.2) is 4.79 Å². The second kappa shape index (κ2) is 6.01. The average molecular weight is 258 g/mol. The van der Waals surface area contributed by atoms with E-state index in [1.807, 2.05) is 0 Å². The minimum atomic E-state index is -0.437. The number of fused-ring (bicyclic) bond motifs is 2. The lowest BCUT2D eigenvalue weighted by Crippen LogP contribution is -2.50. The molecule has 2 atom stereocenters. The van der Waals surface area contributed by atoms with Gasteiger partial charge in [-0.3, -0.25) is 9.69 Å². The third-order valence-corrected chi connectivity index (χ3v) is 3.07. The molecule has 2 aliphatic rings. The van der Waals surface area contributed by atoms with E-state index < -0.39 is 6.09 Å². The van der Waals surface area contributed by atoms with Gasteiger partial charge in [0, 0.05) is 19.7 Å². The number of ether oxygens (including phenoxy) is 3. The van der Waals surface area contributed by atoms with Gasteiger partial charge in [-0.2, -0.15) is 0 Å². The van der Waals surface area contributed by atoms with E-state index >= 15 is 0 Å². The molecular formula is C11H18N2O5. The van der Waals surface area contributed by atoms with Crippen molar-refractivity contribution in [2.75, 3.05) is 40.1 Å². The molecule has 2 bridgehead atoms. The molecule has 0 aromatic heterocycles. The Morgan fingerprint density at radius 3 is 2.83 bits per heavy atom. The maximum Gasteiger partial charge on any atom is 0.410 e. The topological polar surface area (TPSA) is 77.1 Å². The maximum absolute atomic E-state index is 11.7. The Labute approximate surface area is 105 Å². The summed E-state index contributed by atoms with van der Waals surface area (Å²) in [4.78, 5) is 24.6. The van der Waals surface area contributed by atoms with E-state index in [-0.39, 0.29) is 24.6 Å². The van der Waals surface area contributed by atoms with E-state index in [4.69, 9.17) is 14.2 Å². The van der Waals surface area contributed by atoms with Crippen molar-refractivity contribution >= 4 is 12.0 Å². The van der Waals surface area contributed by atoms with Crippen LogP contribution in [0.1, 0.15) is 6.42 Å². The van der Waals surface area contributed by atoms with Gasteiger partial charge in [0.1, 0.15) is 12.6 Å². The molecule has 0 aliphatic carbocycles. The second-order valence-corrected chi connectivity index (χ2v) is 4.33. The SMILES string of the molecule is COCCOCCOC(=O)N1C[C@@H]2C[C@H]1C(=O)N2. The van der Waals surface area contributed by atoms with E-state index in [9.17, 15) is 9.59 Å². The highest BCUT2D eigenvalue weighted by molar-refractivity contribution is 5.89. The number of amides is 2. The first-order chi connectivity index (χ1) is 8.72. The summed E-state index contributed by atoms with van der Waals surface area (Å²) in [6, 6.07) is -0.259. The van der Waals surface area contributed by atoms with Crippen LogP contribution < -0.4 is 5.32 Å². The molecule has 7 nitrogen and oxygen atoms in total. The molecule has 0 radical (unpaired) electrons. The fourth-order valence-corrected chi connectivity index (χ4v) is 2.20. The summed E-state index contributed by atoms with van der Waals surface area (Å²) in [7, 11) is 1.59. The Bertz CT molecular complexity index is 323. The molecule has 2 fully saturated rings.